The summed E-state index contributed by atoms with van der Waals surface area (Å²) in [6.45, 7) is 0.0291. The minimum atomic E-state index is -0.149. The van der Waals surface area contributed by atoms with Gasteiger partial charge in [-0.1, -0.05) is 23.2 Å². The monoisotopic (exact) mass is 218 g/mol. The van der Waals surface area contributed by atoms with Crippen molar-refractivity contribution in [3.63, 3.8) is 0 Å². The fourth-order valence-corrected chi connectivity index (χ4v) is 1.44. The molecule has 0 bridgehead atoms. The number of benzene rings is 1. The molecule has 1 rings (SSSR count). The number of carbonyl (C=O) groups is 1. The van der Waals surface area contributed by atoms with Gasteiger partial charge >= 0.3 is 0 Å². The molecule has 1 aromatic rings. The molecule has 0 saturated heterocycles. The van der Waals surface area contributed by atoms with Crippen LogP contribution in [-0.4, -0.2) is 19.5 Å². The van der Waals surface area contributed by atoms with E-state index in [1.807, 2.05) is 0 Å². The van der Waals surface area contributed by atoms with E-state index in [1.54, 1.807) is 12.1 Å². The highest BCUT2D eigenvalue weighted by Crippen LogP contribution is 2.21. The molecule has 0 atom stereocenters. The third-order valence-corrected chi connectivity index (χ3v) is 2.05. The Balaban J connectivity index is 2.95. The van der Waals surface area contributed by atoms with Crippen LogP contribution in [0.4, 0.5) is 0 Å². The zero-order valence-corrected chi connectivity index (χ0v) is 8.52. The number of rotatable bonds is 3. The van der Waals surface area contributed by atoms with Gasteiger partial charge in [-0.3, -0.25) is 4.79 Å². The molecule has 1 aromatic carbocycles. The SMILES string of the molecule is COCC(=O)c1ccc(Cl)cc1Cl. The van der Waals surface area contributed by atoms with Gasteiger partial charge < -0.3 is 4.74 Å². The maximum absolute atomic E-state index is 11.3. The van der Waals surface area contributed by atoms with E-state index in [-0.39, 0.29) is 12.4 Å². The second-order valence-corrected chi connectivity index (χ2v) is 3.32. The standard InChI is InChI=1S/C9H8Cl2O2/c1-13-5-9(12)7-3-2-6(10)4-8(7)11/h2-4H,5H2,1H3. The van der Waals surface area contributed by atoms with E-state index in [0.717, 1.165) is 0 Å². The van der Waals surface area contributed by atoms with Crippen LogP contribution in [0.1, 0.15) is 10.4 Å². The van der Waals surface area contributed by atoms with Crippen LogP contribution in [0, 0.1) is 0 Å². The Morgan fingerprint density at radius 1 is 1.46 bits per heavy atom. The Bertz CT molecular complexity index is 323. The topological polar surface area (TPSA) is 26.3 Å². The number of halogens is 2. The van der Waals surface area contributed by atoms with Gasteiger partial charge in [0, 0.05) is 17.7 Å². The second-order valence-electron chi connectivity index (χ2n) is 2.48. The molecule has 0 heterocycles. The summed E-state index contributed by atoms with van der Waals surface area (Å²) in [5.41, 5.74) is 0.438. The van der Waals surface area contributed by atoms with Crippen molar-refractivity contribution >= 4 is 29.0 Å². The van der Waals surface area contributed by atoms with Crippen molar-refractivity contribution < 1.29 is 9.53 Å². The third kappa shape index (κ3) is 2.69. The number of ether oxygens (including phenoxy) is 1. The van der Waals surface area contributed by atoms with Gasteiger partial charge in [-0.2, -0.15) is 0 Å². The van der Waals surface area contributed by atoms with Gasteiger partial charge in [0.15, 0.2) is 5.78 Å². The molecule has 0 amide bonds. The Labute approximate surface area is 86.4 Å². The molecule has 0 aliphatic rings. The number of ketones is 1. The number of hydrogen-bond donors (Lipinski definition) is 0. The van der Waals surface area contributed by atoms with E-state index in [2.05, 4.69) is 0 Å². The Morgan fingerprint density at radius 2 is 2.15 bits per heavy atom. The Hall–Kier alpha value is -0.570. The van der Waals surface area contributed by atoms with Gasteiger partial charge in [0.05, 0.1) is 5.02 Å². The molecule has 0 spiro atoms. The summed E-state index contributed by atoms with van der Waals surface area (Å²) in [4.78, 5) is 11.3. The van der Waals surface area contributed by atoms with Crippen molar-refractivity contribution in [3.8, 4) is 0 Å². The van der Waals surface area contributed by atoms with Crippen LogP contribution in [0.25, 0.3) is 0 Å². The summed E-state index contributed by atoms with van der Waals surface area (Å²) in [5.74, 6) is -0.149. The Morgan fingerprint density at radius 3 is 2.69 bits per heavy atom. The molecular formula is C9H8Cl2O2. The van der Waals surface area contributed by atoms with Crippen LogP contribution in [0.3, 0.4) is 0 Å². The number of Topliss-reactive ketones (excluding diaryl/α,β-unsaturated/α-hetero) is 1. The lowest BCUT2D eigenvalue weighted by molar-refractivity contribution is 0.0848. The van der Waals surface area contributed by atoms with E-state index in [1.165, 1.54) is 13.2 Å². The lowest BCUT2D eigenvalue weighted by Crippen LogP contribution is -2.07. The molecule has 2 nitrogen and oxygen atoms in total. The van der Waals surface area contributed by atoms with Crippen LogP contribution >= 0.6 is 23.2 Å². The van der Waals surface area contributed by atoms with Crippen molar-refractivity contribution in [1.82, 2.24) is 0 Å². The summed E-state index contributed by atoms with van der Waals surface area (Å²) in [6.07, 6.45) is 0. The molecule has 70 valence electrons. The van der Waals surface area contributed by atoms with Gasteiger partial charge in [-0.15, -0.1) is 0 Å². The van der Waals surface area contributed by atoms with Crippen molar-refractivity contribution in [3.05, 3.63) is 33.8 Å². The van der Waals surface area contributed by atoms with Gasteiger partial charge in [0.1, 0.15) is 6.61 Å². The highest BCUT2D eigenvalue weighted by Gasteiger charge is 2.09. The van der Waals surface area contributed by atoms with Crippen LogP contribution in [0.2, 0.25) is 10.0 Å². The zero-order chi connectivity index (χ0) is 9.84. The molecule has 0 unspecified atom stereocenters. The number of carbonyl (C=O) groups excluding carboxylic acids is 1. The molecule has 13 heavy (non-hydrogen) atoms. The van der Waals surface area contributed by atoms with E-state index in [0.29, 0.717) is 15.6 Å². The predicted molar refractivity (Wildman–Crippen MR) is 52.7 cm³/mol. The van der Waals surface area contributed by atoms with Gasteiger partial charge in [0.25, 0.3) is 0 Å². The van der Waals surface area contributed by atoms with Crippen molar-refractivity contribution in [2.24, 2.45) is 0 Å². The molecule has 0 fully saturated rings. The maximum Gasteiger partial charge on any atom is 0.189 e. The minimum Gasteiger partial charge on any atom is -0.377 e. The first kappa shape index (κ1) is 10.5. The van der Waals surface area contributed by atoms with Crippen molar-refractivity contribution in [2.45, 2.75) is 0 Å². The molecular weight excluding hydrogens is 211 g/mol. The van der Waals surface area contributed by atoms with Crippen LogP contribution in [0.15, 0.2) is 18.2 Å². The summed E-state index contributed by atoms with van der Waals surface area (Å²) in [5, 5.41) is 0.869. The summed E-state index contributed by atoms with van der Waals surface area (Å²) >= 11 is 11.5. The molecule has 0 radical (unpaired) electrons. The van der Waals surface area contributed by atoms with E-state index >= 15 is 0 Å². The predicted octanol–water partition coefficient (Wildman–Crippen LogP) is 2.82. The fraction of sp³-hybridized carbons (Fsp3) is 0.222. The molecule has 0 aromatic heterocycles. The van der Waals surface area contributed by atoms with Gasteiger partial charge in [-0.25, -0.2) is 0 Å². The zero-order valence-electron chi connectivity index (χ0n) is 7.01. The first-order chi connectivity index (χ1) is 6.15. The van der Waals surface area contributed by atoms with E-state index in [4.69, 9.17) is 27.9 Å². The first-order valence-electron chi connectivity index (χ1n) is 3.62. The van der Waals surface area contributed by atoms with Crippen molar-refractivity contribution in [1.29, 1.82) is 0 Å². The van der Waals surface area contributed by atoms with Gasteiger partial charge in [0.2, 0.25) is 0 Å². The average Bonchev–Trinajstić information content (AvgIpc) is 2.04. The smallest absolute Gasteiger partial charge is 0.189 e. The largest absolute Gasteiger partial charge is 0.377 e. The lowest BCUT2D eigenvalue weighted by Gasteiger charge is -2.02. The lowest BCUT2D eigenvalue weighted by atomic mass is 10.1. The van der Waals surface area contributed by atoms with E-state index in [9.17, 15) is 4.79 Å². The van der Waals surface area contributed by atoms with Crippen molar-refractivity contribution in [2.75, 3.05) is 13.7 Å². The van der Waals surface area contributed by atoms with E-state index < -0.39 is 0 Å². The summed E-state index contributed by atoms with van der Waals surface area (Å²) in [7, 11) is 1.46. The van der Waals surface area contributed by atoms with Gasteiger partial charge in [-0.05, 0) is 18.2 Å². The minimum absolute atomic E-state index is 0.0291. The molecule has 0 N–H and O–H groups in total. The first-order valence-corrected chi connectivity index (χ1v) is 4.38. The summed E-state index contributed by atoms with van der Waals surface area (Å²) in [6, 6.07) is 4.74. The average molecular weight is 219 g/mol. The number of methoxy groups -OCH3 is 1. The normalized spacial score (nSPS) is 10.1. The third-order valence-electron chi connectivity index (χ3n) is 1.51. The Kier molecular flexibility index (Phi) is 3.72. The summed E-state index contributed by atoms with van der Waals surface area (Å²) < 4.78 is 4.70. The highest BCUT2D eigenvalue weighted by atomic mass is 35.5. The van der Waals surface area contributed by atoms with Crippen LogP contribution in [-0.2, 0) is 4.74 Å². The van der Waals surface area contributed by atoms with Crippen LogP contribution < -0.4 is 0 Å². The second kappa shape index (κ2) is 4.61. The molecule has 0 saturated carbocycles. The number of hydrogen-bond acceptors (Lipinski definition) is 2. The molecule has 0 aliphatic heterocycles. The maximum atomic E-state index is 11.3. The fourth-order valence-electron chi connectivity index (χ4n) is 0.924. The quantitative estimate of drug-likeness (QED) is 0.730. The van der Waals surface area contributed by atoms with Crippen LogP contribution in [0.5, 0.6) is 0 Å². The highest BCUT2D eigenvalue weighted by molar-refractivity contribution is 6.36. The molecule has 4 heteroatoms. The molecule has 0 aliphatic carbocycles.